The molecule has 0 amide bonds. The van der Waals surface area contributed by atoms with Crippen molar-refractivity contribution in [2.45, 2.75) is 0 Å². The van der Waals surface area contributed by atoms with Crippen LogP contribution in [-0.4, -0.2) is 19.9 Å². The van der Waals surface area contributed by atoms with Gasteiger partial charge in [-0.05, 0) is 36.4 Å². The van der Waals surface area contributed by atoms with Crippen LogP contribution in [0.1, 0.15) is 0 Å². The molecule has 0 spiro atoms. The third kappa shape index (κ3) is 3.20. The van der Waals surface area contributed by atoms with Crippen LogP contribution in [0.25, 0.3) is 87.2 Å². The molecule has 0 aliphatic carbocycles. The molecule has 0 saturated carbocycles. The first kappa shape index (κ1) is 21.5. The van der Waals surface area contributed by atoms with Gasteiger partial charge in [0.1, 0.15) is 0 Å². The molecule has 0 radical (unpaired) electrons. The van der Waals surface area contributed by atoms with Gasteiger partial charge in [-0.3, -0.25) is 0 Å². The van der Waals surface area contributed by atoms with Crippen LogP contribution in [0.5, 0.6) is 0 Å². The van der Waals surface area contributed by atoms with E-state index in [0.29, 0.717) is 0 Å². The fraction of sp³-hybridized carbons (Fsp3) is 0. The summed E-state index contributed by atoms with van der Waals surface area (Å²) in [4.78, 5) is 20.6. The Hall–Kier alpha value is -5.48. The molecular formula is C36H20N4. The number of benzene rings is 4. The molecule has 4 heteroatoms. The van der Waals surface area contributed by atoms with Gasteiger partial charge < -0.3 is 0 Å². The van der Waals surface area contributed by atoms with Gasteiger partial charge in [0.15, 0.2) is 0 Å². The highest BCUT2D eigenvalue weighted by Crippen LogP contribution is 2.29. The van der Waals surface area contributed by atoms with Crippen molar-refractivity contribution in [1.82, 2.24) is 19.9 Å². The average molecular weight is 509 g/mol. The molecular weight excluding hydrogens is 488 g/mol. The number of rotatable bonds is 0. The normalized spacial score (nSPS) is 12.0. The van der Waals surface area contributed by atoms with E-state index >= 15 is 0 Å². The second kappa shape index (κ2) is 8.01. The topological polar surface area (TPSA) is 51.6 Å². The zero-order valence-electron chi connectivity index (χ0n) is 21.3. The van der Waals surface area contributed by atoms with Crippen LogP contribution < -0.4 is 0 Å². The zero-order valence-corrected chi connectivity index (χ0v) is 21.3. The van der Waals surface area contributed by atoms with E-state index in [1.807, 2.05) is 0 Å². The van der Waals surface area contributed by atoms with Gasteiger partial charge in [0.2, 0.25) is 0 Å². The Labute approximate surface area is 228 Å². The lowest BCUT2D eigenvalue weighted by molar-refractivity contribution is 1.45. The van der Waals surface area contributed by atoms with E-state index in [2.05, 4.69) is 121 Å². The number of hydrogen-bond donors (Lipinski definition) is 0. The van der Waals surface area contributed by atoms with Crippen LogP contribution in [-0.2, 0) is 0 Å². The van der Waals surface area contributed by atoms with Gasteiger partial charge in [-0.2, -0.15) is 0 Å². The van der Waals surface area contributed by atoms with E-state index in [-0.39, 0.29) is 0 Å². The Balaban J connectivity index is 1.55. The van der Waals surface area contributed by atoms with E-state index in [4.69, 9.17) is 19.9 Å². The summed E-state index contributed by atoms with van der Waals surface area (Å²) in [7, 11) is 0. The number of nitrogens with zero attached hydrogens (tertiary/aromatic N) is 4. The molecule has 184 valence electrons. The Morgan fingerprint density at radius 3 is 0.775 bits per heavy atom. The monoisotopic (exact) mass is 508 g/mol. The third-order valence-corrected chi connectivity index (χ3v) is 7.95. The first-order valence-corrected chi connectivity index (χ1v) is 13.4. The van der Waals surface area contributed by atoms with Gasteiger partial charge in [-0.15, -0.1) is 0 Å². The summed E-state index contributed by atoms with van der Waals surface area (Å²) < 4.78 is 0. The minimum Gasteiger partial charge on any atom is -0.245 e. The second-order valence-electron chi connectivity index (χ2n) is 10.4. The summed E-state index contributed by atoms with van der Waals surface area (Å²) >= 11 is 0. The summed E-state index contributed by atoms with van der Waals surface area (Å²) in [6.07, 6.45) is 0. The standard InChI is InChI=1S/C36H20N4/c1-3-25-19-26(4-1)30-16-12-22-8-10-24-14-18-32(40-36(24)34(22)38-30)28-6-2-5-27(20-28)31-17-13-23-9-7-21-11-15-29(25)37-33(21)35(23)39-31/h1-20H. The third-order valence-electron chi connectivity index (χ3n) is 7.95. The minimum absolute atomic E-state index is 0.903. The molecule has 9 aromatic rings. The summed E-state index contributed by atoms with van der Waals surface area (Å²) in [6.45, 7) is 0. The summed E-state index contributed by atoms with van der Waals surface area (Å²) in [5.74, 6) is 0. The highest BCUT2D eigenvalue weighted by molar-refractivity contribution is 6.08. The summed E-state index contributed by atoms with van der Waals surface area (Å²) in [6, 6.07) is 42.3. The van der Waals surface area contributed by atoms with Crippen molar-refractivity contribution in [3.63, 3.8) is 0 Å². The number of hydrogen-bond acceptors (Lipinski definition) is 4. The molecule has 0 unspecified atom stereocenters. The lowest BCUT2D eigenvalue weighted by Gasteiger charge is -2.06. The average Bonchev–Trinajstić information content (AvgIpc) is 3.03. The largest absolute Gasteiger partial charge is 0.245 e. The maximum absolute atomic E-state index is 5.16. The predicted octanol–water partition coefficient (Wildman–Crippen LogP) is 9.05. The molecule has 9 rings (SSSR count). The predicted molar refractivity (Wildman–Crippen MR) is 166 cm³/mol. The van der Waals surface area contributed by atoms with Gasteiger partial charge >= 0.3 is 0 Å². The van der Waals surface area contributed by atoms with Gasteiger partial charge in [0.05, 0.1) is 44.1 Å². The molecule has 0 N–H and O–H groups in total. The molecule has 4 aromatic carbocycles. The van der Waals surface area contributed by atoms with Crippen molar-refractivity contribution in [3.05, 3.63) is 121 Å². The van der Waals surface area contributed by atoms with Crippen molar-refractivity contribution in [2.75, 3.05) is 0 Å². The molecule has 0 fully saturated rings. The van der Waals surface area contributed by atoms with Crippen LogP contribution in [0, 0.1) is 0 Å². The Kier molecular flexibility index (Phi) is 4.30. The quantitative estimate of drug-likeness (QED) is 0.192. The SMILES string of the molecule is c1cc2cc(c1)c1ccc3ccc4ccc(nc4c3n1)c1cccc(c1)c1ccc3ccc4ccc2nc4c3n1. The number of pyridine rings is 4. The van der Waals surface area contributed by atoms with Crippen LogP contribution in [0.3, 0.4) is 0 Å². The fourth-order valence-corrected chi connectivity index (χ4v) is 5.85. The van der Waals surface area contributed by atoms with E-state index < -0.39 is 0 Å². The first-order valence-electron chi connectivity index (χ1n) is 13.4. The van der Waals surface area contributed by atoms with E-state index in [1.54, 1.807) is 0 Å². The van der Waals surface area contributed by atoms with E-state index in [9.17, 15) is 0 Å². The molecule has 0 atom stereocenters. The lowest BCUT2D eigenvalue weighted by Crippen LogP contribution is -1.88. The Morgan fingerprint density at radius 2 is 0.500 bits per heavy atom. The Morgan fingerprint density at radius 1 is 0.250 bits per heavy atom. The molecule has 0 saturated heterocycles. The van der Waals surface area contributed by atoms with E-state index in [1.165, 1.54) is 0 Å². The fourth-order valence-electron chi connectivity index (χ4n) is 5.85. The molecule has 5 aromatic heterocycles. The van der Waals surface area contributed by atoms with Crippen molar-refractivity contribution < 1.29 is 0 Å². The second-order valence-corrected chi connectivity index (χ2v) is 10.4. The van der Waals surface area contributed by atoms with Gasteiger partial charge in [0.25, 0.3) is 0 Å². The number of fused-ring (bicyclic) bond motifs is 12. The molecule has 40 heavy (non-hydrogen) atoms. The van der Waals surface area contributed by atoms with Crippen molar-refractivity contribution in [2.24, 2.45) is 0 Å². The first-order chi connectivity index (χ1) is 19.8. The van der Waals surface area contributed by atoms with Crippen LogP contribution in [0.15, 0.2) is 121 Å². The molecule has 4 nitrogen and oxygen atoms in total. The maximum atomic E-state index is 5.16. The maximum Gasteiger partial charge on any atom is 0.0972 e. The highest BCUT2D eigenvalue weighted by Gasteiger charge is 2.08. The summed E-state index contributed by atoms with van der Waals surface area (Å²) in [5, 5.41) is 8.46. The summed E-state index contributed by atoms with van der Waals surface area (Å²) in [5.41, 5.74) is 7.26. The van der Waals surface area contributed by atoms with Crippen molar-refractivity contribution in [3.8, 4) is 0 Å². The molecule has 0 aliphatic heterocycles. The smallest absolute Gasteiger partial charge is 0.0972 e. The lowest BCUT2D eigenvalue weighted by atomic mass is 10.1. The Bertz CT molecular complexity index is 2200. The van der Waals surface area contributed by atoms with E-state index in [0.717, 1.165) is 87.2 Å². The van der Waals surface area contributed by atoms with Crippen LogP contribution >= 0.6 is 0 Å². The molecule has 5 heterocycles. The van der Waals surface area contributed by atoms with Crippen molar-refractivity contribution >= 4 is 87.2 Å². The number of aromatic nitrogens is 4. The zero-order chi connectivity index (χ0) is 26.2. The van der Waals surface area contributed by atoms with Gasteiger partial charge in [-0.25, -0.2) is 19.9 Å². The van der Waals surface area contributed by atoms with Crippen LogP contribution in [0.4, 0.5) is 0 Å². The highest BCUT2D eigenvalue weighted by atomic mass is 14.8. The molecule has 12 bridgehead atoms. The van der Waals surface area contributed by atoms with Crippen molar-refractivity contribution in [1.29, 1.82) is 0 Å². The van der Waals surface area contributed by atoms with Crippen LogP contribution in [0.2, 0.25) is 0 Å². The van der Waals surface area contributed by atoms with Gasteiger partial charge in [0, 0.05) is 43.1 Å². The molecule has 0 aliphatic rings. The van der Waals surface area contributed by atoms with Gasteiger partial charge in [-0.1, -0.05) is 84.9 Å². The minimum atomic E-state index is 0.903.